The molecule has 0 aromatic carbocycles. The van der Waals surface area contributed by atoms with E-state index in [-0.39, 0.29) is 45.7 Å². The predicted molar refractivity (Wildman–Crippen MR) is 154 cm³/mol. The zero-order valence-electron chi connectivity index (χ0n) is 22.5. The fourth-order valence-corrected chi connectivity index (χ4v) is 3.67. The second kappa shape index (κ2) is 20.7. The first-order valence-corrected chi connectivity index (χ1v) is 12.7. The third-order valence-electron chi connectivity index (χ3n) is 5.29. The van der Waals surface area contributed by atoms with Crippen molar-refractivity contribution in [1.82, 2.24) is 20.7 Å². The molecule has 0 bridgehead atoms. The smallest absolute Gasteiger partial charge is 0.741 e. The summed E-state index contributed by atoms with van der Waals surface area (Å²) in [5.41, 5.74) is 8.33. The number of hydrogen-bond donors (Lipinski definition) is 2. The molecule has 0 radical (unpaired) electrons. The van der Waals surface area contributed by atoms with E-state index >= 15 is 0 Å². The molecule has 216 valence electrons. The van der Waals surface area contributed by atoms with Gasteiger partial charge in [-0.2, -0.15) is 10.2 Å². The van der Waals surface area contributed by atoms with Crippen molar-refractivity contribution in [1.29, 1.82) is 0 Å². The summed E-state index contributed by atoms with van der Waals surface area (Å²) in [7, 11) is 0. The van der Waals surface area contributed by atoms with Gasteiger partial charge in [0.1, 0.15) is 0 Å². The molecule has 38 heavy (non-hydrogen) atoms. The van der Waals surface area contributed by atoms with Gasteiger partial charge in [-0.1, -0.05) is 24.3 Å². The summed E-state index contributed by atoms with van der Waals surface area (Å²) in [6.45, 7) is 15.0. The first-order valence-electron chi connectivity index (χ1n) is 11.9. The summed E-state index contributed by atoms with van der Waals surface area (Å²) in [5, 5.41) is 9.24. The predicted octanol–water partition coefficient (Wildman–Crippen LogP) is 3.40. The van der Waals surface area contributed by atoms with Gasteiger partial charge >= 0.3 is 34.1 Å². The summed E-state index contributed by atoms with van der Waals surface area (Å²) in [6.07, 6.45) is 13.7. The molecule has 0 heterocycles. The van der Waals surface area contributed by atoms with Crippen LogP contribution < -0.4 is 10.9 Å². The Labute approximate surface area is 259 Å². The molecule has 0 unspecified atom stereocenters. The summed E-state index contributed by atoms with van der Waals surface area (Å²) in [6, 6.07) is 0. The molecule has 0 saturated heterocycles. The van der Waals surface area contributed by atoms with E-state index in [9.17, 15) is 9.59 Å². The minimum atomic E-state index is -0.0218. The van der Waals surface area contributed by atoms with Crippen LogP contribution >= 0.6 is 0 Å². The van der Waals surface area contributed by atoms with Crippen molar-refractivity contribution in [2.75, 3.05) is 26.2 Å². The van der Waals surface area contributed by atoms with Crippen LogP contribution in [0.2, 0.25) is 0 Å². The van der Waals surface area contributed by atoms with Crippen molar-refractivity contribution in [3.63, 3.8) is 0 Å². The van der Waals surface area contributed by atoms with Crippen LogP contribution in [0.1, 0.15) is 41.5 Å². The Morgan fingerprint density at radius 2 is 0.947 bits per heavy atom. The molecule has 0 fully saturated rings. The van der Waals surface area contributed by atoms with Crippen molar-refractivity contribution in [2.45, 2.75) is 41.5 Å². The molecule has 0 saturated carbocycles. The third kappa shape index (κ3) is 12.6. The summed E-state index contributed by atoms with van der Waals surface area (Å²) < 4.78 is 0. The number of allylic oxidation sites excluding steroid dienone is 12. The van der Waals surface area contributed by atoms with Gasteiger partial charge in [0.05, 0.1) is 0 Å². The van der Waals surface area contributed by atoms with E-state index in [4.69, 9.17) is 25.3 Å². The summed E-state index contributed by atoms with van der Waals surface area (Å²) in [5.74, 6) is -0.0436. The van der Waals surface area contributed by atoms with Crippen LogP contribution in [0, 0.1) is 0 Å². The minimum absolute atomic E-state index is 0. The maximum atomic E-state index is 11.6. The molecule has 0 aromatic heterocycles. The zero-order valence-corrected chi connectivity index (χ0v) is 26.0. The van der Waals surface area contributed by atoms with Crippen LogP contribution in [0.5, 0.6) is 0 Å². The summed E-state index contributed by atoms with van der Waals surface area (Å²) in [4.78, 5) is 27.1. The first kappa shape index (κ1) is 37.9. The van der Waals surface area contributed by atoms with Crippen molar-refractivity contribution < 1.29 is 43.7 Å². The van der Waals surface area contributed by atoms with Gasteiger partial charge in [-0.25, -0.2) is 0 Å². The Bertz CT molecular complexity index is 956. The van der Waals surface area contributed by atoms with Crippen LogP contribution in [0.15, 0.2) is 81.4 Å². The fraction of sp³-hybridized carbons (Fsp3) is 0.385. The molecular formula is C26H36Cu2N6O2S2. The van der Waals surface area contributed by atoms with Gasteiger partial charge in [0, 0.05) is 48.7 Å². The van der Waals surface area contributed by atoms with Crippen molar-refractivity contribution >= 4 is 47.2 Å². The van der Waals surface area contributed by atoms with E-state index in [1.165, 1.54) is 12.2 Å². The molecule has 12 heteroatoms. The molecule has 0 amide bonds. The molecule has 0 atom stereocenters. The second-order valence-electron chi connectivity index (χ2n) is 7.60. The van der Waals surface area contributed by atoms with Gasteiger partial charge < -0.3 is 35.1 Å². The van der Waals surface area contributed by atoms with Gasteiger partial charge in [-0.15, -0.1) is 0 Å². The Kier molecular flexibility index (Phi) is 20.7. The largest absolute Gasteiger partial charge is 1.00 e. The molecule has 2 aliphatic rings. The van der Waals surface area contributed by atoms with Gasteiger partial charge in [-0.3, -0.25) is 20.4 Å². The van der Waals surface area contributed by atoms with Crippen LogP contribution in [0.3, 0.4) is 0 Å². The number of carbonyl (C=O) groups excluding carboxylic acids is 2. The van der Waals surface area contributed by atoms with Gasteiger partial charge in [-0.05, 0) is 76.2 Å². The number of hydrazone groups is 2. The van der Waals surface area contributed by atoms with E-state index in [1.54, 1.807) is 24.3 Å². The van der Waals surface area contributed by atoms with E-state index in [2.05, 4.69) is 21.1 Å². The maximum absolute atomic E-state index is 11.6. The Morgan fingerprint density at radius 1 is 0.658 bits per heavy atom. The Morgan fingerprint density at radius 3 is 1.21 bits per heavy atom. The summed E-state index contributed by atoms with van der Waals surface area (Å²) >= 11 is 10.4. The Hall–Kier alpha value is -2.20. The standard InChI is InChI=1S/2C13H19N3OS.2Cu/c2*1-4-16(5-2)13(18)15-14-10(3)11-8-6-7-9-12(11)17;;/h2*6-9,14H,4-5H2,1-3H3,(H,15,18);;/q;;2*+1/p-2/b2*11-10-;;. The second-order valence-corrected chi connectivity index (χ2v) is 8.33. The monoisotopic (exact) mass is 654 g/mol. The van der Waals surface area contributed by atoms with E-state index in [0.29, 0.717) is 32.9 Å². The fourth-order valence-electron chi connectivity index (χ4n) is 3.07. The SMILES string of the molecule is CCN(CC)/C([S-])=N/N/C(C)=C1/C=CC=CC1=O.CCN(CC)/C([S-])=N\N/C(C)=C1/C=CC=CC1=O.[Cu+].[Cu+]. The number of amidine groups is 2. The molecule has 0 aliphatic heterocycles. The number of hydrogen-bond acceptors (Lipinski definition) is 8. The van der Waals surface area contributed by atoms with E-state index in [1.807, 2.05) is 63.5 Å². The normalized spacial score (nSPS) is 17.0. The molecule has 2 rings (SSSR count). The topological polar surface area (TPSA) is 89.4 Å². The molecular weight excluding hydrogens is 620 g/mol. The number of ketones is 2. The molecule has 0 aromatic rings. The average molecular weight is 656 g/mol. The molecule has 8 nitrogen and oxygen atoms in total. The van der Waals surface area contributed by atoms with Crippen molar-refractivity contribution in [2.24, 2.45) is 10.2 Å². The zero-order chi connectivity index (χ0) is 27.1. The van der Waals surface area contributed by atoms with E-state index < -0.39 is 0 Å². The van der Waals surface area contributed by atoms with Crippen LogP contribution in [-0.4, -0.2) is 57.9 Å². The number of carbonyl (C=O) groups is 2. The Balaban J connectivity index is 0. The number of nitrogens with zero attached hydrogens (tertiary/aromatic N) is 4. The van der Waals surface area contributed by atoms with Crippen LogP contribution in [0.4, 0.5) is 0 Å². The minimum Gasteiger partial charge on any atom is -0.741 e. The number of rotatable bonds is 8. The average Bonchev–Trinajstić information content (AvgIpc) is 2.88. The molecule has 0 spiro atoms. The van der Waals surface area contributed by atoms with Gasteiger partial charge in [0.2, 0.25) is 0 Å². The maximum Gasteiger partial charge on any atom is 1.00 e. The van der Waals surface area contributed by atoms with E-state index in [0.717, 1.165) is 26.2 Å². The van der Waals surface area contributed by atoms with Crippen molar-refractivity contribution in [3.05, 3.63) is 71.1 Å². The molecule has 2 N–H and O–H groups in total. The van der Waals surface area contributed by atoms with Crippen LogP contribution in [-0.2, 0) is 69.0 Å². The van der Waals surface area contributed by atoms with Gasteiger partial charge in [0.25, 0.3) is 0 Å². The van der Waals surface area contributed by atoms with Crippen molar-refractivity contribution in [3.8, 4) is 0 Å². The van der Waals surface area contributed by atoms with Gasteiger partial charge in [0.15, 0.2) is 11.6 Å². The first-order chi connectivity index (χ1) is 17.2. The quantitative estimate of drug-likeness (QED) is 0.103. The number of nitrogens with one attached hydrogen (secondary N) is 2. The third-order valence-corrected chi connectivity index (χ3v) is 5.99. The van der Waals surface area contributed by atoms with Crippen LogP contribution in [0.25, 0.3) is 0 Å². The molecule has 2 aliphatic carbocycles.